The Hall–Kier alpha value is -1.07. The molecule has 5 nitrogen and oxygen atoms in total. The second-order valence-electron chi connectivity index (χ2n) is 4.66. The predicted molar refractivity (Wildman–Crippen MR) is 66.4 cm³/mol. The largest absolute Gasteiger partial charge is 0.376 e. The fraction of sp³-hybridized carbons (Fsp3) is 0.750. The van der Waals surface area contributed by atoms with Gasteiger partial charge in [0.1, 0.15) is 0 Å². The number of hydrogen-bond donors (Lipinski definition) is 1. The van der Waals surface area contributed by atoms with E-state index in [2.05, 4.69) is 34.9 Å². The van der Waals surface area contributed by atoms with E-state index in [9.17, 15) is 0 Å². The molecule has 0 bridgehead atoms. The number of imidazole rings is 1. The number of rotatable bonds is 4. The maximum Gasteiger partial charge on any atom is 0.203 e. The zero-order valence-electron chi connectivity index (χ0n) is 10.8. The van der Waals surface area contributed by atoms with Crippen molar-refractivity contribution >= 4 is 5.95 Å². The number of hydrogen-bond acceptors (Lipinski definition) is 4. The summed E-state index contributed by atoms with van der Waals surface area (Å²) in [6.07, 6.45) is 2.19. The van der Waals surface area contributed by atoms with Crippen LogP contribution in [0.2, 0.25) is 0 Å². The summed E-state index contributed by atoms with van der Waals surface area (Å²) in [5.41, 5.74) is 1.03. The molecular formula is C12H21N3O2. The van der Waals surface area contributed by atoms with Crippen LogP contribution in [0.15, 0.2) is 6.20 Å². The van der Waals surface area contributed by atoms with Crippen LogP contribution >= 0.6 is 0 Å². The predicted octanol–water partition coefficient (Wildman–Crippen LogP) is 1.60. The first-order chi connectivity index (χ1) is 8.16. The second kappa shape index (κ2) is 5.51. The van der Waals surface area contributed by atoms with Crippen LogP contribution in [0.1, 0.15) is 25.6 Å². The zero-order valence-corrected chi connectivity index (χ0v) is 10.8. The van der Waals surface area contributed by atoms with Gasteiger partial charge in [-0.3, -0.25) is 0 Å². The molecule has 1 unspecified atom stereocenters. The summed E-state index contributed by atoms with van der Waals surface area (Å²) in [5, 5.41) is 3.33. The van der Waals surface area contributed by atoms with Crippen LogP contribution in [0.3, 0.4) is 0 Å². The molecule has 1 aliphatic heterocycles. The van der Waals surface area contributed by atoms with E-state index in [1.807, 2.05) is 6.92 Å². The van der Waals surface area contributed by atoms with Crippen molar-refractivity contribution in [3.8, 4) is 0 Å². The lowest BCUT2D eigenvalue weighted by Crippen LogP contribution is -2.34. The minimum atomic E-state index is 0.126. The first kappa shape index (κ1) is 12.4. The van der Waals surface area contributed by atoms with E-state index in [0.29, 0.717) is 25.9 Å². The van der Waals surface area contributed by atoms with Crippen LogP contribution in [0.5, 0.6) is 0 Å². The van der Waals surface area contributed by atoms with Crippen molar-refractivity contribution in [2.24, 2.45) is 0 Å². The Morgan fingerprint density at radius 1 is 1.53 bits per heavy atom. The number of aromatic nitrogens is 2. The van der Waals surface area contributed by atoms with Crippen LogP contribution in [0.4, 0.5) is 5.95 Å². The molecule has 1 aromatic heterocycles. The minimum Gasteiger partial charge on any atom is -0.376 e. The summed E-state index contributed by atoms with van der Waals surface area (Å²) in [5.74, 6) is 0.909. The third-order valence-corrected chi connectivity index (χ3v) is 2.78. The lowest BCUT2D eigenvalue weighted by molar-refractivity contribution is -0.0819. The summed E-state index contributed by atoms with van der Waals surface area (Å²) < 4.78 is 13.1. The first-order valence-corrected chi connectivity index (χ1v) is 6.15. The molecule has 1 atom stereocenters. The van der Waals surface area contributed by atoms with Crippen LogP contribution in [-0.4, -0.2) is 42.0 Å². The molecule has 2 heterocycles. The van der Waals surface area contributed by atoms with Crippen LogP contribution in [0, 0.1) is 6.92 Å². The van der Waals surface area contributed by atoms with Crippen LogP contribution in [0.25, 0.3) is 0 Å². The molecule has 0 amide bonds. The highest BCUT2D eigenvalue weighted by atomic mass is 16.6. The third kappa shape index (κ3) is 3.20. The smallest absolute Gasteiger partial charge is 0.203 e. The quantitative estimate of drug-likeness (QED) is 0.867. The number of nitrogens with zero attached hydrogens (tertiary/aromatic N) is 2. The summed E-state index contributed by atoms with van der Waals surface area (Å²) in [7, 11) is 0. The molecule has 5 heteroatoms. The Kier molecular flexibility index (Phi) is 4.02. The topological polar surface area (TPSA) is 48.3 Å². The van der Waals surface area contributed by atoms with Gasteiger partial charge in [-0.15, -0.1) is 0 Å². The molecule has 1 N–H and O–H groups in total. The summed E-state index contributed by atoms with van der Waals surface area (Å²) in [6.45, 7) is 9.08. The normalized spacial score (nSPS) is 20.8. The second-order valence-corrected chi connectivity index (χ2v) is 4.66. The van der Waals surface area contributed by atoms with Crippen molar-refractivity contribution in [1.82, 2.24) is 9.55 Å². The van der Waals surface area contributed by atoms with Gasteiger partial charge < -0.3 is 19.4 Å². The van der Waals surface area contributed by atoms with Gasteiger partial charge in [0.2, 0.25) is 5.95 Å². The van der Waals surface area contributed by atoms with Crippen molar-refractivity contribution in [3.63, 3.8) is 0 Å². The molecule has 96 valence electrons. The van der Waals surface area contributed by atoms with E-state index < -0.39 is 0 Å². The van der Waals surface area contributed by atoms with Crippen molar-refractivity contribution in [1.29, 1.82) is 0 Å². The van der Waals surface area contributed by atoms with Crippen LogP contribution < -0.4 is 5.32 Å². The Bertz CT molecular complexity index is 357. The first-order valence-electron chi connectivity index (χ1n) is 6.15. The SMILES string of the molecule is Cc1cn(C(C)C)c(NCC2COCCO2)n1. The van der Waals surface area contributed by atoms with Crippen molar-refractivity contribution in [3.05, 3.63) is 11.9 Å². The highest BCUT2D eigenvalue weighted by Crippen LogP contribution is 2.15. The van der Waals surface area contributed by atoms with Gasteiger partial charge in [-0.25, -0.2) is 4.98 Å². The molecule has 1 fully saturated rings. The van der Waals surface area contributed by atoms with Gasteiger partial charge in [-0.05, 0) is 20.8 Å². The number of anilines is 1. The number of aryl methyl sites for hydroxylation is 1. The summed E-state index contributed by atoms with van der Waals surface area (Å²) in [6, 6.07) is 0.405. The molecule has 1 aromatic rings. The van der Waals surface area contributed by atoms with Gasteiger partial charge in [0, 0.05) is 18.8 Å². The number of ether oxygens (including phenoxy) is 2. The molecule has 2 rings (SSSR count). The van der Waals surface area contributed by atoms with Crippen molar-refractivity contribution in [2.75, 3.05) is 31.7 Å². The molecule has 0 saturated carbocycles. The minimum absolute atomic E-state index is 0.126. The van der Waals surface area contributed by atoms with Gasteiger partial charge in [0.15, 0.2) is 0 Å². The average molecular weight is 239 g/mol. The fourth-order valence-electron chi connectivity index (χ4n) is 1.90. The van der Waals surface area contributed by atoms with E-state index in [1.54, 1.807) is 0 Å². The summed E-state index contributed by atoms with van der Waals surface area (Å²) >= 11 is 0. The standard InChI is InChI=1S/C12H21N3O2/c1-9(2)15-7-10(3)14-12(15)13-6-11-8-16-4-5-17-11/h7,9,11H,4-6,8H2,1-3H3,(H,13,14). The molecule has 1 aliphatic rings. The highest BCUT2D eigenvalue weighted by Gasteiger charge is 2.15. The molecule has 0 aliphatic carbocycles. The molecule has 0 spiro atoms. The summed E-state index contributed by atoms with van der Waals surface area (Å²) in [4.78, 5) is 4.47. The zero-order chi connectivity index (χ0) is 12.3. The van der Waals surface area contributed by atoms with E-state index in [0.717, 1.165) is 18.2 Å². The van der Waals surface area contributed by atoms with Crippen molar-refractivity contribution in [2.45, 2.75) is 32.9 Å². The number of nitrogens with one attached hydrogen (secondary N) is 1. The van der Waals surface area contributed by atoms with E-state index >= 15 is 0 Å². The molecule has 17 heavy (non-hydrogen) atoms. The average Bonchev–Trinajstić information content (AvgIpc) is 2.69. The molecule has 0 aromatic carbocycles. The fourth-order valence-corrected chi connectivity index (χ4v) is 1.90. The Morgan fingerprint density at radius 3 is 3.00 bits per heavy atom. The third-order valence-electron chi connectivity index (χ3n) is 2.78. The van der Waals surface area contributed by atoms with Gasteiger partial charge in [0.05, 0.1) is 31.6 Å². The monoisotopic (exact) mass is 239 g/mol. The lowest BCUT2D eigenvalue weighted by atomic mass is 10.3. The van der Waals surface area contributed by atoms with Gasteiger partial charge in [0.25, 0.3) is 0 Å². The van der Waals surface area contributed by atoms with Gasteiger partial charge in [-0.2, -0.15) is 0 Å². The molecular weight excluding hydrogens is 218 g/mol. The Labute approximate surface area is 102 Å². The molecule has 0 radical (unpaired) electrons. The van der Waals surface area contributed by atoms with E-state index in [1.165, 1.54) is 0 Å². The van der Waals surface area contributed by atoms with Gasteiger partial charge >= 0.3 is 0 Å². The maximum atomic E-state index is 5.58. The Morgan fingerprint density at radius 2 is 2.35 bits per heavy atom. The van der Waals surface area contributed by atoms with Crippen molar-refractivity contribution < 1.29 is 9.47 Å². The van der Waals surface area contributed by atoms with Crippen LogP contribution in [-0.2, 0) is 9.47 Å². The Balaban J connectivity index is 1.93. The maximum absolute atomic E-state index is 5.58. The highest BCUT2D eigenvalue weighted by molar-refractivity contribution is 5.29. The van der Waals surface area contributed by atoms with E-state index in [-0.39, 0.29) is 6.10 Å². The lowest BCUT2D eigenvalue weighted by Gasteiger charge is -2.23. The van der Waals surface area contributed by atoms with Gasteiger partial charge in [-0.1, -0.05) is 0 Å². The molecule has 1 saturated heterocycles. The van der Waals surface area contributed by atoms with E-state index in [4.69, 9.17) is 9.47 Å².